The minimum absolute atomic E-state index is 0.0342. The average Bonchev–Trinajstić information content (AvgIpc) is 3.15. The maximum absolute atomic E-state index is 12.9. The van der Waals surface area contributed by atoms with Gasteiger partial charge in [-0.3, -0.25) is 9.47 Å². The molecule has 184 valence electrons. The summed E-state index contributed by atoms with van der Waals surface area (Å²) in [5, 5.41) is 5.37. The summed E-state index contributed by atoms with van der Waals surface area (Å²) >= 11 is 6.14. The van der Waals surface area contributed by atoms with Gasteiger partial charge in [0.1, 0.15) is 18.2 Å². The van der Waals surface area contributed by atoms with E-state index in [1.54, 1.807) is 9.25 Å². The Balaban J connectivity index is 1.23. The summed E-state index contributed by atoms with van der Waals surface area (Å²) < 4.78 is 9.26. The predicted molar refractivity (Wildman–Crippen MR) is 138 cm³/mol. The van der Waals surface area contributed by atoms with E-state index in [1.165, 1.54) is 5.69 Å². The number of benzene rings is 1. The van der Waals surface area contributed by atoms with E-state index in [0.717, 1.165) is 68.6 Å². The highest BCUT2D eigenvalue weighted by Crippen LogP contribution is 2.21. The van der Waals surface area contributed by atoms with Crippen molar-refractivity contribution in [2.24, 2.45) is 5.92 Å². The van der Waals surface area contributed by atoms with Gasteiger partial charge in [-0.2, -0.15) is 5.10 Å². The minimum atomic E-state index is -0.0342. The van der Waals surface area contributed by atoms with Crippen molar-refractivity contribution in [1.29, 1.82) is 0 Å². The van der Waals surface area contributed by atoms with E-state index in [-0.39, 0.29) is 5.69 Å². The number of hydrogen-bond donors (Lipinski definition) is 0. The van der Waals surface area contributed by atoms with Crippen LogP contribution in [0, 0.1) is 5.92 Å². The largest absolute Gasteiger partial charge is 0.492 e. The van der Waals surface area contributed by atoms with Crippen molar-refractivity contribution in [3.8, 4) is 0 Å². The lowest BCUT2D eigenvalue weighted by Gasteiger charge is -2.36. The van der Waals surface area contributed by atoms with Gasteiger partial charge in [-0.25, -0.2) is 9.48 Å². The van der Waals surface area contributed by atoms with Crippen LogP contribution >= 0.6 is 11.6 Å². The molecule has 1 atom stereocenters. The molecule has 0 saturated carbocycles. The van der Waals surface area contributed by atoms with Gasteiger partial charge >= 0.3 is 5.69 Å². The maximum Gasteiger partial charge on any atom is 0.346 e. The van der Waals surface area contributed by atoms with Crippen LogP contribution in [0.15, 0.2) is 53.0 Å². The van der Waals surface area contributed by atoms with Crippen molar-refractivity contribution >= 4 is 17.3 Å². The molecule has 1 unspecified atom stereocenters. The van der Waals surface area contributed by atoms with Gasteiger partial charge in [-0.15, -0.1) is 0 Å². The van der Waals surface area contributed by atoms with Crippen LogP contribution in [0.3, 0.4) is 0 Å². The van der Waals surface area contributed by atoms with Crippen LogP contribution in [-0.4, -0.2) is 58.6 Å². The highest BCUT2D eigenvalue weighted by atomic mass is 35.5. The third kappa shape index (κ3) is 6.33. The Morgan fingerprint density at radius 3 is 2.68 bits per heavy atom. The van der Waals surface area contributed by atoms with E-state index in [9.17, 15) is 4.79 Å². The van der Waals surface area contributed by atoms with Crippen molar-refractivity contribution in [1.82, 2.24) is 19.2 Å². The Labute approximate surface area is 207 Å². The Kier molecular flexibility index (Phi) is 8.51. The van der Waals surface area contributed by atoms with Gasteiger partial charge in [0.15, 0.2) is 0 Å². The number of anilines is 1. The molecule has 0 N–H and O–H groups in total. The van der Waals surface area contributed by atoms with E-state index in [0.29, 0.717) is 25.6 Å². The van der Waals surface area contributed by atoms with Gasteiger partial charge in [0.05, 0.1) is 6.54 Å². The number of aryl methyl sites for hydroxylation is 2. The van der Waals surface area contributed by atoms with Gasteiger partial charge in [0.25, 0.3) is 0 Å². The molecule has 34 heavy (non-hydrogen) atoms. The second kappa shape index (κ2) is 11.8. The fourth-order valence-corrected chi connectivity index (χ4v) is 4.72. The second-order valence-electron chi connectivity index (χ2n) is 9.12. The van der Waals surface area contributed by atoms with Gasteiger partial charge in [-0.05, 0) is 49.1 Å². The zero-order valence-electron chi connectivity index (χ0n) is 20.3. The third-order valence-corrected chi connectivity index (χ3v) is 6.80. The zero-order valence-corrected chi connectivity index (χ0v) is 21.1. The van der Waals surface area contributed by atoms with Gasteiger partial charge < -0.3 is 9.64 Å². The maximum atomic E-state index is 12.9. The van der Waals surface area contributed by atoms with Crippen molar-refractivity contribution in [2.45, 2.75) is 46.2 Å². The van der Waals surface area contributed by atoms with Crippen molar-refractivity contribution in [2.75, 3.05) is 44.2 Å². The van der Waals surface area contributed by atoms with Gasteiger partial charge in [-0.1, -0.05) is 37.6 Å². The first kappa shape index (κ1) is 24.6. The fraction of sp³-hybridized carbons (Fsp3) is 0.538. The molecule has 2 heterocycles. The third-order valence-electron chi connectivity index (χ3n) is 6.57. The topological polar surface area (TPSA) is 55.5 Å². The molecule has 7 nitrogen and oxygen atoms in total. The van der Waals surface area contributed by atoms with E-state index < -0.39 is 0 Å². The molecule has 1 aromatic carbocycles. The SMILES string of the molecule is CCc1nn(CCCN2CCN(c3cccc(Cl)c3)CC2)c(=O)n1CCOC1=CCC(C)C=C1. The summed E-state index contributed by atoms with van der Waals surface area (Å²) in [6, 6.07) is 8.06. The standard InChI is InChI=1S/C26H36ClN5O2/c1-3-25-28-32(26(33)31(25)18-19-34-24-10-8-21(2)9-11-24)13-5-12-29-14-16-30(17-15-29)23-7-4-6-22(27)20-23/h4,6-8,10-11,20-21H,3,5,9,12-19H2,1-2H3. The number of halogens is 1. The number of nitrogens with zero attached hydrogens (tertiary/aromatic N) is 5. The average molecular weight is 486 g/mol. The Bertz CT molecular complexity index is 1070. The molecule has 8 heteroatoms. The molecule has 0 amide bonds. The van der Waals surface area contributed by atoms with Crippen molar-refractivity contribution < 1.29 is 4.74 Å². The molecule has 1 aliphatic carbocycles. The summed E-state index contributed by atoms with van der Waals surface area (Å²) in [6.45, 7) is 10.8. The van der Waals surface area contributed by atoms with E-state index >= 15 is 0 Å². The lowest BCUT2D eigenvalue weighted by molar-refractivity contribution is 0.206. The number of piperazine rings is 1. The Morgan fingerprint density at radius 2 is 1.97 bits per heavy atom. The molecular weight excluding hydrogens is 450 g/mol. The van der Waals surface area contributed by atoms with E-state index in [4.69, 9.17) is 16.3 Å². The summed E-state index contributed by atoms with van der Waals surface area (Å²) in [5.41, 5.74) is 1.15. The van der Waals surface area contributed by atoms with Crippen molar-refractivity contribution in [3.63, 3.8) is 0 Å². The first-order valence-corrected chi connectivity index (χ1v) is 12.8. The highest BCUT2D eigenvalue weighted by Gasteiger charge is 2.18. The zero-order chi connectivity index (χ0) is 23.9. The predicted octanol–water partition coefficient (Wildman–Crippen LogP) is 3.97. The molecule has 0 bridgehead atoms. The lowest BCUT2D eigenvalue weighted by atomic mass is 10.0. The molecule has 1 aliphatic heterocycles. The second-order valence-corrected chi connectivity index (χ2v) is 9.55. The molecule has 0 spiro atoms. The number of aromatic nitrogens is 3. The molecule has 2 aromatic rings. The number of allylic oxidation sites excluding steroid dienone is 3. The number of rotatable bonds is 10. The molecule has 2 aliphatic rings. The van der Waals surface area contributed by atoms with Crippen LogP contribution in [-0.2, 0) is 24.2 Å². The lowest BCUT2D eigenvalue weighted by Crippen LogP contribution is -2.46. The molecule has 0 radical (unpaired) electrons. The van der Waals surface area contributed by atoms with Gasteiger partial charge in [0.2, 0.25) is 0 Å². The van der Waals surface area contributed by atoms with Crippen LogP contribution in [0.25, 0.3) is 0 Å². The van der Waals surface area contributed by atoms with E-state index in [2.05, 4.69) is 40.0 Å². The quantitative estimate of drug-likeness (QED) is 0.509. The molecule has 4 rings (SSSR count). The first-order chi connectivity index (χ1) is 16.5. The van der Waals surface area contributed by atoms with Crippen molar-refractivity contribution in [3.05, 3.63) is 69.6 Å². The Hall–Kier alpha value is -2.51. The normalized spacial score (nSPS) is 18.9. The summed E-state index contributed by atoms with van der Waals surface area (Å²) in [6.07, 6.45) is 8.94. The molecular formula is C26H36ClN5O2. The summed E-state index contributed by atoms with van der Waals surface area (Å²) in [7, 11) is 0. The molecule has 1 fully saturated rings. The summed E-state index contributed by atoms with van der Waals surface area (Å²) in [4.78, 5) is 17.8. The highest BCUT2D eigenvalue weighted by molar-refractivity contribution is 6.30. The van der Waals surface area contributed by atoms with E-state index in [1.807, 2.05) is 31.2 Å². The fourth-order valence-electron chi connectivity index (χ4n) is 4.53. The van der Waals surface area contributed by atoms with Crippen LogP contribution in [0.5, 0.6) is 0 Å². The molecule has 1 saturated heterocycles. The monoisotopic (exact) mass is 485 g/mol. The minimum Gasteiger partial charge on any atom is -0.492 e. The summed E-state index contributed by atoms with van der Waals surface area (Å²) in [5.74, 6) is 2.28. The number of ether oxygens (including phenoxy) is 1. The van der Waals surface area contributed by atoms with Crippen LogP contribution in [0.2, 0.25) is 5.02 Å². The smallest absolute Gasteiger partial charge is 0.346 e. The van der Waals surface area contributed by atoms with Gasteiger partial charge in [0, 0.05) is 56.4 Å². The van der Waals surface area contributed by atoms with Crippen LogP contribution < -0.4 is 10.6 Å². The first-order valence-electron chi connectivity index (χ1n) is 12.4. The molecule has 1 aromatic heterocycles. The Morgan fingerprint density at radius 1 is 1.15 bits per heavy atom. The van der Waals surface area contributed by atoms with Crippen LogP contribution in [0.1, 0.15) is 32.5 Å². The number of hydrogen-bond acceptors (Lipinski definition) is 5. The van der Waals surface area contributed by atoms with Crippen LogP contribution in [0.4, 0.5) is 5.69 Å².